The van der Waals surface area contributed by atoms with Crippen LogP contribution < -0.4 is 10.0 Å². The van der Waals surface area contributed by atoms with Crippen LogP contribution in [0.4, 0.5) is 0 Å². The molecule has 1 aliphatic rings. The van der Waals surface area contributed by atoms with E-state index < -0.39 is 10.2 Å². The fraction of sp³-hybridized carbons (Fsp3) is 1.00. The van der Waals surface area contributed by atoms with Crippen molar-refractivity contribution in [3.05, 3.63) is 0 Å². The highest BCUT2D eigenvalue weighted by Crippen LogP contribution is 2.12. The van der Waals surface area contributed by atoms with Gasteiger partial charge in [-0.25, -0.2) is 4.72 Å². The summed E-state index contributed by atoms with van der Waals surface area (Å²) in [6, 6.07) is 0.303. The Hall–Kier alpha value is -0.170. The quantitative estimate of drug-likeness (QED) is 0.700. The molecular weight excluding hydrogens is 214 g/mol. The van der Waals surface area contributed by atoms with E-state index in [2.05, 4.69) is 10.0 Å². The Kier molecular flexibility index (Phi) is 4.98. The Morgan fingerprint density at radius 1 is 1.33 bits per heavy atom. The molecule has 15 heavy (non-hydrogen) atoms. The second-order valence-corrected chi connectivity index (χ2v) is 5.51. The predicted molar refractivity (Wildman–Crippen MR) is 60.9 cm³/mol. The molecule has 0 aromatic rings. The molecule has 6 heteroatoms. The molecule has 1 aliphatic heterocycles. The zero-order valence-electron chi connectivity index (χ0n) is 9.49. The third-order valence-electron chi connectivity index (χ3n) is 2.54. The maximum absolute atomic E-state index is 11.7. The molecule has 0 aliphatic carbocycles. The van der Waals surface area contributed by atoms with E-state index in [0.717, 1.165) is 19.4 Å². The minimum absolute atomic E-state index is 0.303. The molecule has 1 rings (SSSR count). The van der Waals surface area contributed by atoms with Crippen molar-refractivity contribution < 1.29 is 8.42 Å². The summed E-state index contributed by atoms with van der Waals surface area (Å²) in [5, 5.41) is 3.29. The van der Waals surface area contributed by atoms with Crippen LogP contribution in [0.25, 0.3) is 0 Å². The number of rotatable bonds is 5. The summed E-state index contributed by atoms with van der Waals surface area (Å²) in [7, 11) is -3.24. The molecule has 1 saturated heterocycles. The fourth-order valence-electron chi connectivity index (χ4n) is 1.89. The van der Waals surface area contributed by atoms with Crippen molar-refractivity contribution in [1.82, 2.24) is 14.3 Å². The Morgan fingerprint density at radius 2 is 2.07 bits per heavy atom. The summed E-state index contributed by atoms with van der Waals surface area (Å²) in [4.78, 5) is 0. The summed E-state index contributed by atoms with van der Waals surface area (Å²) < 4.78 is 27.5. The maximum atomic E-state index is 11.7. The molecule has 90 valence electrons. The fourth-order valence-corrected chi connectivity index (χ4v) is 3.18. The molecule has 0 saturated carbocycles. The lowest BCUT2D eigenvalue weighted by atomic mass is 10.1. The zero-order chi connectivity index (χ0) is 11.3. The van der Waals surface area contributed by atoms with E-state index >= 15 is 0 Å². The minimum atomic E-state index is -3.24. The van der Waals surface area contributed by atoms with E-state index in [-0.39, 0.29) is 0 Å². The molecule has 0 bridgehead atoms. The van der Waals surface area contributed by atoms with Crippen molar-refractivity contribution in [2.45, 2.75) is 32.7 Å². The first kappa shape index (κ1) is 12.9. The molecule has 1 unspecified atom stereocenters. The van der Waals surface area contributed by atoms with Gasteiger partial charge in [-0.15, -0.1) is 0 Å². The van der Waals surface area contributed by atoms with Crippen LogP contribution in [0, 0.1) is 0 Å². The third-order valence-corrected chi connectivity index (χ3v) is 4.21. The van der Waals surface area contributed by atoms with Gasteiger partial charge in [0.15, 0.2) is 0 Å². The second kappa shape index (κ2) is 5.79. The minimum Gasteiger partial charge on any atom is -0.313 e. The van der Waals surface area contributed by atoms with Crippen LogP contribution in [-0.4, -0.2) is 44.9 Å². The largest absolute Gasteiger partial charge is 0.313 e. The van der Waals surface area contributed by atoms with Gasteiger partial charge in [-0.2, -0.15) is 12.7 Å². The molecule has 0 radical (unpaired) electrons. The van der Waals surface area contributed by atoms with Crippen LogP contribution >= 0.6 is 0 Å². The standard InChI is InChI=1S/C9H21N3O2S/c1-3-10-9-6-5-7-12(8-9)15(13,14)11-4-2/h9-11H,3-8H2,1-2H3. The number of hydrogen-bond acceptors (Lipinski definition) is 3. The van der Waals surface area contributed by atoms with E-state index in [1.165, 1.54) is 4.31 Å². The number of nitrogens with one attached hydrogen (secondary N) is 2. The number of hydrogen-bond donors (Lipinski definition) is 2. The molecule has 1 fully saturated rings. The van der Waals surface area contributed by atoms with Crippen LogP contribution in [-0.2, 0) is 10.2 Å². The van der Waals surface area contributed by atoms with Crippen molar-refractivity contribution in [2.75, 3.05) is 26.2 Å². The molecule has 2 N–H and O–H groups in total. The lowest BCUT2D eigenvalue weighted by Gasteiger charge is -2.32. The maximum Gasteiger partial charge on any atom is 0.279 e. The average molecular weight is 235 g/mol. The van der Waals surface area contributed by atoms with Crippen molar-refractivity contribution in [1.29, 1.82) is 0 Å². The average Bonchev–Trinajstić information content (AvgIpc) is 2.19. The molecule has 0 spiro atoms. The van der Waals surface area contributed by atoms with Gasteiger partial charge in [-0.05, 0) is 19.4 Å². The van der Waals surface area contributed by atoms with Crippen LogP contribution in [0.15, 0.2) is 0 Å². The van der Waals surface area contributed by atoms with Gasteiger partial charge in [0.05, 0.1) is 0 Å². The van der Waals surface area contributed by atoms with E-state index in [1.807, 2.05) is 6.92 Å². The van der Waals surface area contributed by atoms with E-state index in [4.69, 9.17) is 0 Å². The van der Waals surface area contributed by atoms with Gasteiger partial charge in [-0.1, -0.05) is 13.8 Å². The Morgan fingerprint density at radius 3 is 2.67 bits per heavy atom. The number of piperidine rings is 1. The van der Waals surface area contributed by atoms with Crippen LogP contribution in [0.5, 0.6) is 0 Å². The number of likely N-dealkylation sites (N-methyl/N-ethyl adjacent to an activating group) is 1. The topological polar surface area (TPSA) is 61.4 Å². The Bertz CT molecular complexity index is 277. The van der Waals surface area contributed by atoms with Gasteiger partial charge in [-0.3, -0.25) is 0 Å². The van der Waals surface area contributed by atoms with Gasteiger partial charge in [0, 0.05) is 25.7 Å². The third kappa shape index (κ3) is 3.71. The summed E-state index contributed by atoms with van der Waals surface area (Å²) in [6.45, 7) is 6.39. The molecule has 0 aromatic carbocycles. The highest BCUT2D eigenvalue weighted by Gasteiger charge is 2.27. The summed E-state index contributed by atoms with van der Waals surface area (Å²) >= 11 is 0. The summed E-state index contributed by atoms with van der Waals surface area (Å²) in [5.41, 5.74) is 0. The van der Waals surface area contributed by atoms with Gasteiger partial charge >= 0.3 is 0 Å². The smallest absolute Gasteiger partial charge is 0.279 e. The summed E-state index contributed by atoms with van der Waals surface area (Å²) in [5.74, 6) is 0. The zero-order valence-corrected chi connectivity index (χ0v) is 10.3. The van der Waals surface area contributed by atoms with E-state index in [1.54, 1.807) is 6.92 Å². The predicted octanol–water partition coefficient (Wildman–Crippen LogP) is -0.0854. The van der Waals surface area contributed by atoms with Gasteiger partial charge < -0.3 is 5.32 Å². The van der Waals surface area contributed by atoms with Crippen molar-refractivity contribution >= 4 is 10.2 Å². The first-order valence-corrected chi connectivity index (χ1v) is 7.02. The Labute approximate surface area is 92.4 Å². The van der Waals surface area contributed by atoms with Crippen LogP contribution in [0.3, 0.4) is 0 Å². The summed E-state index contributed by atoms with van der Waals surface area (Å²) in [6.07, 6.45) is 1.99. The van der Waals surface area contributed by atoms with Gasteiger partial charge in [0.25, 0.3) is 10.2 Å². The van der Waals surface area contributed by atoms with E-state index in [0.29, 0.717) is 25.7 Å². The van der Waals surface area contributed by atoms with Crippen molar-refractivity contribution in [3.8, 4) is 0 Å². The van der Waals surface area contributed by atoms with Crippen molar-refractivity contribution in [3.63, 3.8) is 0 Å². The van der Waals surface area contributed by atoms with Crippen molar-refractivity contribution in [2.24, 2.45) is 0 Å². The van der Waals surface area contributed by atoms with Gasteiger partial charge in [0.2, 0.25) is 0 Å². The molecule has 5 nitrogen and oxygen atoms in total. The van der Waals surface area contributed by atoms with Crippen LogP contribution in [0.2, 0.25) is 0 Å². The normalized spacial score (nSPS) is 24.3. The highest BCUT2D eigenvalue weighted by molar-refractivity contribution is 7.87. The van der Waals surface area contributed by atoms with Crippen LogP contribution in [0.1, 0.15) is 26.7 Å². The Balaban J connectivity index is 2.55. The molecular formula is C9H21N3O2S. The van der Waals surface area contributed by atoms with Gasteiger partial charge in [0.1, 0.15) is 0 Å². The molecule has 0 amide bonds. The highest BCUT2D eigenvalue weighted by atomic mass is 32.2. The second-order valence-electron chi connectivity index (χ2n) is 3.76. The lowest BCUT2D eigenvalue weighted by Crippen LogP contribution is -2.51. The first-order chi connectivity index (χ1) is 7.10. The van der Waals surface area contributed by atoms with E-state index in [9.17, 15) is 8.42 Å². The molecule has 1 heterocycles. The number of nitrogens with zero attached hydrogens (tertiary/aromatic N) is 1. The first-order valence-electron chi connectivity index (χ1n) is 5.58. The SMILES string of the molecule is CCNC1CCCN(S(=O)(=O)NCC)C1. The molecule has 0 aromatic heterocycles. The monoisotopic (exact) mass is 235 g/mol. The lowest BCUT2D eigenvalue weighted by molar-refractivity contribution is 0.283. The molecule has 1 atom stereocenters.